The Balaban J connectivity index is 2.01. The largest absolute Gasteiger partial charge is 0.477 e. The molecule has 0 radical (unpaired) electrons. The number of anilines is 1. The first kappa shape index (κ1) is 12.8. The summed E-state index contributed by atoms with van der Waals surface area (Å²) in [7, 11) is 2.13. The smallest absolute Gasteiger partial charge is 0.354 e. The molecule has 2 rings (SSSR count). The van der Waals surface area contributed by atoms with E-state index in [1.807, 2.05) is 6.07 Å². The third-order valence-corrected chi connectivity index (χ3v) is 3.56. The highest BCUT2D eigenvalue weighted by molar-refractivity contribution is 5.86. The number of hydrogen-bond donors (Lipinski definition) is 2. The molecule has 1 aliphatic rings. The van der Waals surface area contributed by atoms with E-state index in [1.165, 1.54) is 6.20 Å². The quantitative estimate of drug-likeness (QED) is 0.853. The number of carbonyl (C=O) groups is 1. The molecule has 0 aliphatic carbocycles. The maximum atomic E-state index is 10.8. The monoisotopic (exact) mass is 249 g/mol. The molecule has 2 atom stereocenters. The van der Waals surface area contributed by atoms with Gasteiger partial charge in [-0.3, -0.25) is 0 Å². The molecule has 0 bridgehead atoms. The first-order chi connectivity index (χ1) is 8.56. The number of likely N-dealkylation sites (tertiary alicyclic amines) is 1. The molecule has 1 aromatic heterocycles. The minimum atomic E-state index is -0.990. The molecule has 18 heavy (non-hydrogen) atoms. The van der Waals surface area contributed by atoms with Crippen LogP contribution in [0.5, 0.6) is 0 Å². The van der Waals surface area contributed by atoms with Crippen LogP contribution in [0, 0.1) is 0 Å². The van der Waals surface area contributed by atoms with Gasteiger partial charge in [-0.25, -0.2) is 9.78 Å². The SMILES string of the molecule is CC1CC(Nc2ccnc(C(=O)O)c2)CCN1C. The lowest BCUT2D eigenvalue weighted by Crippen LogP contribution is -2.42. The van der Waals surface area contributed by atoms with Crippen molar-refractivity contribution in [3.05, 3.63) is 24.0 Å². The predicted octanol–water partition coefficient (Wildman–Crippen LogP) is 1.67. The van der Waals surface area contributed by atoms with E-state index < -0.39 is 5.97 Å². The van der Waals surface area contributed by atoms with Crippen molar-refractivity contribution >= 4 is 11.7 Å². The Morgan fingerprint density at radius 1 is 1.61 bits per heavy atom. The number of nitrogens with one attached hydrogen (secondary N) is 1. The Bertz CT molecular complexity index is 436. The predicted molar refractivity (Wildman–Crippen MR) is 69.9 cm³/mol. The van der Waals surface area contributed by atoms with Crippen LogP contribution in [0.25, 0.3) is 0 Å². The molecule has 0 spiro atoms. The summed E-state index contributed by atoms with van der Waals surface area (Å²) >= 11 is 0. The van der Waals surface area contributed by atoms with Gasteiger partial charge in [0.25, 0.3) is 0 Å². The summed E-state index contributed by atoms with van der Waals surface area (Å²) in [6, 6.07) is 4.36. The zero-order valence-corrected chi connectivity index (χ0v) is 10.8. The third kappa shape index (κ3) is 2.98. The highest BCUT2D eigenvalue weighted by atomic mass is 16.4. The van der Waals surface area contributed by atoms with E-state index >= 15 is 0 Å². The van der Waals surface area contributed by atoms with Crippen LogP contribution in [0.2, 0.25) is 0 Å². The molecule has 1 aliphatic heterocycles. The molecule has 5 heteroatoms. The highest BCUT2D eigenvalue weighted by Gasteiger charge is 2.22. The van der Waals surface area contributed by atoms with Gasteiger partial charge in [-0.1, -0.05) is 0 Å². The molecule has 98 valence electrons. The number of piperidine rings is 1. The molecule has 1 fully saturated rings. The van der Waals surface area contributed by atoms with Crippen molar-refractivity contribution in [3.8, 4) is 0 Å². The normalized spacial score (nSPS) is 24.8. The van der Waals surface area contributed by atoms with Gasteiger partial charge in [0.2, 0.25) is 0 Å². The van der Waals surface area contributed by atoms with Crippen molar-refractivity contribution in [3.63, 3.8) is 0 Å². The fourth-order valence-corrected chi connectivity index (χ4v) is 2.29. The van der Waals surface area contributed by atoms with Crippen molar-refractivity contribution in [2.24, 2.45) is 0 Å². The Kier molecular flexibility index (Phi) is 3.81. The van der Waals surface area contributed by atoms with Crippen molar-refractivity contribution in [2.75, 3.05) is 18.9 Å². The number of carboxylic acid groups (broad SMARTS) is 1. The van der Waals surface area contributed by atoms with Gasteiger partial charge in [-0.05, 0) is 38.9 Å². The summed E-state index contributed by atoms with van der Waals surface area (Å²) in [6.07, 6.45) is 3.68. The maximum Gasteiger partial charge on any atom is 0.354 e. The Morgan fingerprint density at radius 2 is 2.39 bits per heavy atom. The Labute approximate surface area is 107 Å². The first-order valence-electron chi connectivity index (χ1n) is 6.22. The molecule has 0 amide bonds. The van der Waals surface area contributed by atoms with Gasteiger partial charge in [0, 0.05) is 30.5 Å². The molecule has 1 saturated heterocycles. The highest BCUT2D eigenvalue weighted by Crippen LogP contribution is 2.20. The van der Waals surface area contributed by atoms with Crippen LogP contribution >= 0.6 is 0 Å². The van der Waals surface area contributed by atoms with E-state index in [4.69, 9.17) is 5.11 Å². The van der Waals surface area contributed by atoms with Gasteiger partial charge < -0.3 is 15.3 Å². The fraction of sp³-hybridized carbons (Fsp3) is 0.538. The fourth-order valence-electron chi connectivity index (χ4n) is 2.29. The second-order valence-corrected chi connectivity index (χ2v) is 4.93. The van der Waals surface area contributed by atoms with Crippen LogP contribution in [0.4, 0.5) is 5.69 Å². The van der Waals surface area contributed by atoms with Crippen molar-refractivity contribution in [1.29, 1.82) is 0 Å². The van der Waals surface area contributed by atoms with E-state index in [0.29, 0.717) is 12.1 Å². The number of pyridine rings is 1. The van der Waals surface area contributed by atoms with E-state index in [1.54, 1.807) is 6.07 Å². The number of aromatic nitrogens is 1. The van der Waals surface area contributed by atoms with Gasteiger partial charge in [0.05, 0.1) is 0 Å². The van der Waals surface area contributed by atoms with Crippen LogP contribution < -0.4 is 5.32 Å². The second-order valence-electron chi connectivity index (χ2n) is 4.93. The molecule has 5 nitrogen and oxygen atoms in total. The standard InChI is InChI=1S/C13H19N3O2/c1-9-7-11(4-6-16(9)2)15-10-3-5-14-12(8-10)13(17)18/h3,5,8-9,11H,4,6-7H2,1-2H3,(H,14,15)(H,17,18). The summed E-state index contributed by atoms with van der Waals surface area (Å²) in [5.41, 5.74) is 0.921. The van der Waals surface area contributed by atoms with Crippen LogP contribution in [0.3, 0.4) is 0 Å². The van der Waals surface area contributed by atoms with Gasteiger partial charge in [0.1, 0.15) is 5.69 Å². The van der Waals surface area contributed by atoms with E-state index in [0.717, 1.165) is 25.1 Å². The van der Waals surface area contributed by atoms with Crippen LogP contribution in [0.15, 0.2) is 18.3 Å². The summed E-state index contributed by atoms with van der Waals surface area (Å²) in [5.74, 6) is -0.990. The lowest BCUT2D eigenvalue weighted by atomic mass is 9.99. The van der Waals surface area contributed by atoms with Crippen molar-refractivity contribution in [2.45, 2.75) is 31.8 Å². The summed E-state index contributed by atoms with van der Waals surface area (Å²) < 4.78 is 0. The maximum absolute atomic E-state index is 10.8. The lowest BCUT2D eigenvalue weighted by molar-refractivity contribution is 0.0690. The number of rotatable bonds is 3. The topological polar surface area (TPSA) is 65.5 Å². The average molecular weight is 249 g/mol. The van der Waals surface area contributed by atoms with Gasteiger partial charge >= 0.3 is 5.97 Å². The van der Waals surface area contributed by atoms with Crippen LogP contribution in [0.1, 0.15) is 30.3 Å². The van der Waals surface area contributed by atoms with E-state index in [2.05, 4.69) is 29.2 Å². The van der Waals surface area contributed by atoms with Gasteiger partial charge in [0.15, 0.2) is 0 Å². The number of nitrogens with zero attached hydrogens (tertiary/aromatic N) is 2. The molecule has 1 aromatic rings. The zero-order chi connectivity index (χ0) is 13.1. The molecule has 0 saturated carbocycles. The minimum absolute atomic E-state index is 0.0842. The van der Waals surface area contributed by atoms with Crippen LogP contribution in [-0.4, -0.2) is 46.6 Å². The number of carboxylic acids is 1. The first-order valence-corrected chi connectivity index (χ1v) is 6.22. The number of hydrogen-bond acceptors (Lipinski definition) is 4. The average Bonchev–Trinajstić information content (AvgIpc) is 2.34. The molecule has 0 aromatic carbocycles. The molecular weight excluding hydrogens is 230 g/mol. The second kappa shape index (κ2) is 5.35. The van der Waals surface area contributed by atoms with Crippen molar-refractivity contribution < 1.29 is 9.90 Å². The molecule has 2 heterocycles. The molecule has 2 N–H and O–H groups in total. The zero-order valence-electron chi connectivity index (χ0n) is 10.8. The number of aromatic carboxylic acids is 1. The third-order valence-electron chi connectivity index (χ3n) is 3.56. The van der Waals surface area contributed by atoms with E-state index in [-0.39, 0.29) is 5.69 Å². The Morgan fingerprint density at radius 3 is 3.06 bits per heavy atom. The summed E-state index contributed by atoms with van der Waals surface area (Å²) in [5, 5.41) is 12.3. The lowest BCUT2D eigenvalue weighted by Gasteiger charge is -2.35. The van der Waals surface area contributed by atoms with Crippen molar-refractivity contribution in [1.82, 2.24) is 9.88 Å². The van der Waals surface area contributed by atoms with E-state index in [9.17, 15) is 4.79 Å². The Hall–Kier alpha value is -1.62. The molecule has 2 unspecified atom stereocenters. The van der Waals surface area contributed by atoms with Crippen LogP contribution in [-0.2, 0) is 0 Å². The summed E-state index contributed by atoms with van der Waals surface area (Å²) in [6.45, 7) is 3.28. The van der Waals surface area contributed by atoms with Gasteiger partial charge in [-0.2, -0.15) is 0 Å². The minimum Gasteiger partial charge on any atom is -0.477 e. The summed E-state index contributed by atoms with van der Waals surface area (Å²) in [4.78, 5) is 17.0. The molecular formula is C13H19N3O2. The van der Waals surface area contributed by atoms with Gasteiger partial charge in [-0.15, -0.1) is 0 Å².